The number of benzene rings is 1. The first-order valence-corrected chi connectivity index (χ1v) is 7.75. The first kappa shape index (κ1) is 16.3. The van der Waals surface area contributed by atoms with E-state index in [9.17, 15) is 9.59 Å². The molecule has 0 atom stereocenters. The van der Waals surface area contributed by atoms with E-state index in [1.807, 2.05) is 32.9 Å². The van der Waals surface area contributed by atoms with E-state index >= 15 is 0 Å². The SMILES string of the molecule is Cc1cccc(Cl)c1NC(=O)N1Cc2cn(C(=O)O)nc2C1(C)C. The molecular formula is C16H17ClN4O3. The lowest BCUT2D eigenvalue weighted by atomic mass is 10.0. The molecule has 2 aromatic rings. The predicted octanol–water partition coefficient (Wildman–Crippen LogP) is 3.65. The fraction of sp³-hybridized carbons (Fsp3) is 0.312. The van der Waals surface area contributed by atoms with Crippen molar-refractivity contribution in [2.24, 2.45) is 0 Å². The summed E-state index contributed by atoms with van der Waals surface area (Å²) >= 11 is 6.16. The van der Waals surface area contributed by atoms with Crippen molar-refractivity contribution in [2.45, 2.75) is 32.9 Å². The first-order chi connectivity index (χ1) is 11.2. The molecule has 0 radical (unpaired) electrons. The fourth-order valence-electron chi connectivity index (χ4n) is 2.92. The minimum Gasteiger partial charge on any atom is -0.463 e. The molecule has 2 amide bonds. The van der Waals surface area contributed by atoms with Crippen molar-refractivity contribution in [2.75, 3.05) is 5.32 Å². The summed E-state index contributed by atoms with van der Waals surface area (Å²) in [6.07, 6.45) is 0.288. The van der Waals surface area contributed by atoms with E-state index in [-0.39, 0.29) is 12.6 Å². The van der Waals surface area contributed by atoms with Crippen molar-refractivity contribution in [3.63, 3.8) is 0 Å². The Morgan fingerprint density at radius 1 is 1.38 bits per heavy atom. The molecule has 0 saturated heterocycles. The number of para-hydroxylation sites is 1. The van der Waals surface area contributed by atoms with Gasteiger partial charge in [-0.05, 0) is 32.4 Å². The van der Waals surface area contributed by atoms with Crippen LogP contribution in [0, 0.1) is 6.92 Å². The van der Waals surface area contributed by atoms with Crippen LogP contribution in [0.2, 0.25) is 5.02 Å². The highest BCUT2D eigenvalue weighted by Gasteiger charge is 2.43. The summed E-state index contributed by atoms with van der Waals surface area (Å²) in [6, 6.07) is 5.09. The van der Waals surface area contributed by atoms with E-state index in [1.165, 1.54) is 6.20 Å². The Morgan fingerprint density at radius 2 is 2.08 bits per heavy atom. The number of rotatable bonds is 1. The maximum absolute atomic E-state index is 12.7. The highest BCUT2D eigenvalue weighted by molar-refractivity contribution is 6.33. The van der Waals surface area contributed by atoms with Crippen molar-refractivity contribution in [1.29, 1.82) is 0 Å². The Morgan fingerprint density at radius 3 is 2.67 bits per heavy atom. The van der Waals surface area contributed by atoms with Crippen LogP contribution in [0.4, 0.5) is 15.3 Å². The lowest BCUT2D eigenvalue weighted by molar-refractivity contribution is 0.153. The van der Waals surface area contributed by atoms with Crippen LogP contribution in [-0.2, 0) is 12.1 Å². The normalized spacial score (nSPS) is 15.2. The highest BCUT2D eigenvalue weighted by Crippen LogP contribution is 2.38. The number of aryl methyl sites for hydroxylation is 1. The van der Waals surface area contributed by atoms with Crippen molar-refractivity contribution in [1.82, 2.24) is 14.7 Å². The van der Waals surface area contributed by atoms with Crippen LogP contribution in [0.15, 0.2) is 24.4 Å². The van der Waals surface area contributed by atoms with Crippen LogP contribution in [0.3, 0.4) is 0 Å². The number of hydrogen-bond donors (Lipinski definition) is 2. The second-order valence-electron chi connectivity index (χ2n) is 6.24. The molecule has 1 aromatic carbocycles. The summed E-state index contributed by atoms with van der Waals surface area (Å²) < 4.78 is 0.875. The smallest absolute Gasteiger partial charge is 0.432 e. The van der Waals surface area contributed by atoms with Gasteiger partial charge in [0.15, 0.2) is 0 Å². The molecule has 0 aliphatic carbocycles. The Bertz CT molecular complexity index is 824. The quantitative estimate of drug-likeness (QED) is 0.823. The number of aromatic nitrogens is 2. The predicted molar refractivity (Wildman–Crippen MR) is 89.4 cm³/mol. The standard InChI is InChI=1S/C16H17ClN4O3/c1-9-5-4-6-11(17)12(9)18-14(22)20-7-10-8-21(15(23)24)19-13(10)16(20,2)3/h4-6,8H,7H2,1-3H3,(H,18,22)(H,23,24). The van der Waals surface area contributed by atoms with Gasteiger partial charge < -0.3 is 15.3 Å². The van der Waals surface area contributed by atoms with Gasteiger partial charge in [-0.1, -0.05) is 23.7 Å². The molecule has 1 aromatic heterocycles. The van der Waals surface area contributed by atoms with Gasteiger partial charge in [0.25, 0.3) is 0 Å². The average molecular weight is 349 g/mol. The van der Waals surface area contributed by atoms with E-state index in [1.54, 1.807) is 11.0 Å². The fourth-order valence-corrected chi connectivity index (χ4v) is 3.19. The number of fused-ring (bicyclic) bond motifs is 1. The molecule has 2 heterocycles. The van der Waals surface area contributed by atoms with Gasteiger partial charge in [0, 0.05) is 11.8 Å². The van der Waals surface area contributed by atoms with E-state index in [2.05, 4.69) is 10.4 Å². The van der Waals surface area contributed by atoms with Crippen LogP contribution in [0.1, 0.15) is 30.7 Å². The second kappa shape index (κ2) is 5.52. The molecule has 1 aliphatic heterocycles. The van der Waals surface area contributed by atoms with Gasteiger partial charge in [-0.25, -0.2) is 9.59 Å². The number of carbonyl (C=O) groups is 2. The highest BCUT2D eigenvalue weighted by atomic mass is 35.5. The van der Waals surface area contributed by atoms with Gasteiger partial charge in [0.1, 0.15) is 0 Å². The number of nitrogens with zero attached hydrogens (tertiary/aromatic N) is 3. The number of carboxylic acid groups (broad SMARTS) is 1. The maximum atomic E-state index is 12.7. The van der Waals surface area contributed by atoms with Gasteiger partial charge in [-0.15, -0.1) is 0 Å². The summed E-state index contributed by atoms with van der Waals surface area (Å²) in [6.45, 7) is 5.81. The molecule has 0 saturated carbocycles. The summed E-state index contributed by atoms with van der Waals surface area (Å²) in [4.78, 5) is 25.4. The van der Waals surface area contributed by atoms with Crippen molar-refractivity contribution < 1.29 is 14.7 Å². The molecular weight excluding hydrogens is 332 g/mol. The van der Waals surface area contributed by atoms with Crippen LogP contribution >= 0.6 is 11.6 Å². The molecule has 0 fully saturated rings. The Labute approximate surface area is 143 Å². The summed E-state index contributed by atoms with van der Waals surface area (Å²) in [7, 11) is 0. The largest absolute Gasteiger partial charge is 0.463 e. The minimum absolute atomic E-state index is 0.283. The molecule has 126 valence electrons. The Kier molecular flexibility index (Phi) is 3.76. The zero-order valence-electron chi connectivity index (χ0n) is 13.5. The van der Waals surface area contributed by atoms with E-state index < -0.39 is 11.6 Å². The number of amides is 2. The molecule has 0 bridgehead atoms. The van der Waals surface area contributed by atoms with E-state index in [0.717, 1.165) is 10.2 Å². The number of urea groups is 1. The Balaban J connectivity index is 1.87. The van der Waals surface area contributed by atoms with Crippen molar-refractivity contribution >= 4 is 29.4 Å². The molecule has 8 heteroatoms. The first-order valence-electron chi connectivity index (χ1n) is 7.38. The third-order valence-corrected chi connectivity index (χ3v) is 4.58. The summed E-state index contributed by atoms with van der Waals surface area (Å²) in [5.41, 5.74) is 2.00. The minimum atomic E-state index is -1.15. The number of hydrogen-bond acceptors (Lipinski definition) is 3. The lowest BCUT2D eigenvalue weighted by Crippen LogP contribution is -2.43. The van der Waals surface area contributed by atoms with E-state index in [0.29, 0.717) is 22.0 Å². The molecule has 2 N–H and O–H groups in total. The van der Waals surface area contributed by atoms with Gasteiger partial charge in [-0.2, -0.15) is 9.78 Å². The van der Waals surface area contributed by atoms with Gasteiger partial charge in [0.2, 0.25) is 0 Å². The molecule has 7 nitrogen and oxygen atoms in total. The molecule has 24 heavy (non-hydrogen) atoms. The molecule has 0 unspecified atom stereocenters. The second-order valence-corrected chi connectivity index (χ2v) is 6.64. The number of carbonyl (C=O) groups excluding carboxylic acids is 1. The topological polar surface area (TPSA) is 87.5 Å². The zero-order valence-corrected chi connectivity index (χ0v) is 14.3. The van der Waals surface area contributed by atoms with Crippen molar-refractivity contribution in [3.05, 3.63) is 46.2 Å². The number of halogens is 1. The maximum Gasteiger partial charge on any atom is 0.432 e. The van der Waals surface area contributed by atoms with E-state index in [4.69, 9.17) is 16.7 Å². The third-order valence-electron chi connectivity index (χ3n) is 4.27. The van der Waals surface area contributed by atoms with Gasteiger partial charge in [0.05, 0.1) is 28.5 Å². The van der Waals surface area contributed by atoms with Crippen LogP contribution in [0.5, 0.6) is 0 Å². The number of nitrogens with one attached hydrogen (secondary N) is 1. The summed E-state index contributed by atoms with van der Waals surface area (Å²) in [5.74, 6) is 0. The number of anilines is 1. The zero-order chi connectivity index (χ0) is 17.6. The van der Waals surface area contributed by atoms with Crippen LogP contribution in [0.25, 0.3) is 0 Å². The molecule has 3 rings (SSSR count). The summed E-state index contributed by atoms with van der Waals surface area (Å²) in [5, 5.41) is 16.4. The molecule has 1 aliphatic rings. The monoisotopic (exact) mass is 348 g/mol. The van der Waals surface area contributed by atoms with Gasteiger partial charge in [-0.3, -0.25) is 0 Å². The van der Waals surface area contributed by atoms with Crippen molar-refractivity contribution in [3.8, 4) is 0 Å². The lowest BCUT2D eigenvalue weighted by Gasteiger charge is -2.32. The van der Waals surface area contributed by atoms with Crippen LogP contribution in [-0.4, -0.2) is 31.9 Å². The third kappa shape index (κ3) is 2.50. The van der Waals surface area contributed by atoms with Crippen LogP contribution < -0.4 is 5.32 Å². The average Bonchev–Trinajstić information content (AvgIpc) is 3.02. The Hall–Kier alpha value is -2.54. The van der Waals surface area contributed by atoms with Gasteiger partial charge >= 0.3 is 12.1 Å². The molecule has 0 spiro atoms.